The van der Waals surface area contributed by atoms with Crippen LogP contribution in [0.3, 0.4) is 0 Å². The number of fused-ring (bicyclic) bond motifs is 7. The third-order valence-electron chi connectivity index (χ3n) is 7.87. The molecule has 0 bridgehead atoms. The summed E-state index contributed by atoms with van der Waals surface area (Å²) in [5.74, 6) is 0.252. The highest BCUT2D eigenvalue weighted by molar-refractivity contribution is 7.95. The van der Waals surface area contributed by atoms with Crippen LogP contribution in [0.2, 0.25) is 0 Å². The van der Waals surface area contributed by atoms with Crippen molar-refractivity contribution in [2.45, 2.75) is 10.8 Å². The molecule has 0 fully saturated rings. The lowest BCUT2D eigenvalue weighted by molar-refractivity contribution is 0.323. The Morgan fingerprint density at radius 1 is 0.727 bits per heavy atom. The number of hydrogen-bond acceptors (Lipinski definition) is 9. The van der Waals surface area contributed by atoms with Gasteiger partial charge in [-0.3, -0.25) is 0 Å². The van der Waals surface area contributed by atoms with Crippen molar-refractivity contribution < 1.29 is 27.4 Å². The van der Waals surface area contributed by atoms with Crippen LogP contribution in [0.5, 0.6) is 23.0 Å². The molecule has 5 aromatic carbocycles. The lowest BCUT2D eigenvalue weighted by atomic mass is 9.85. The molecule has 0 aliphatic carbocycles. The summed E-state index contributed by atoms with van der Waals surface area (Å²) in [6.07, 6.45) is 0. The zero-order valence-corrected chi connectivity index (χ0v) is 24.9. The summed E-state index contributed by atoms with van der Waals surface area (Å²) in [4.78, 5) is 10.0. The average Bonchev–Trinajstić information content (AvgIpc) is 3.06. The molecular weight excluding hydrogens is 578 g/mol. The van der Waals surface area contributed by atoms with Gasteiger partial charge in [-0.1, -0.05) is 54.6 Å². The molecule has 0 radical (unpaired) electrons. The highest BCUT2D eigenvalue weighted by Crippen LogP contribution is 2.53. The summed E-state index contributed by atoms with van der Waals surface area (Å²) in [5.41, 5.74) is 10.1. The highest BCUT2D eigenvalue weighted by Gasteiger charge is 2.42. The van der Waals surface area contributed by atoms with Gasteiger partial charge in [-0.15, -0.1) is 0 Å². The zero-order chi connectivity index (χ0) is 30.6. The maximum Gasteiger partial charge on any atom is 0.208 e. The fraction of sp³-hybridized carbons (Fsp3) is 0.118. The summed E-state index contributed by atoms with van der Waals surface area (Å²) in [7, 11) is 0.316. The lowest BCUT2D eigenvalue weighted by Crippen LogP contribution is -2.27. The highest BCUT2D eigenvalue weighted by atomic mass is 32.2. The molecule has 2 heterocycles. The van der Waals surface area contributed by atoms with Gasteiger partial charge in [-0.2, -0.15) is 0 Å². The molecule has 44 heavy (non-hydrogen) atoms. The predicted molar refractivity (Wildman–Crippen MR) is 168 cm³/mol. The van der Waals surface area contributed by atoms with Crippen molar-refractivity contribution in [1.82, 2.24) is 9.97 Å². The molecule has 1 atom stereocenters. The maximum absolute atomic E-state index is 14.5. The first-order chi connectivity index (χ1) is 21.4. The zero-order valence-electron chi connectivity index (χ0n) is 24.1. The van der Waals surface area contributed by atoms with E-state index in [9.17, 15) is 8.42 Å². The first kappa shape index (κ1) is 27.5. The van der Waals surface area contributed by atoms with Gasteiger partial charge in [0.2, 0.25) is 21.5 Å². The van der Waals surface area contributed by atoms with E-state index < -0.39 is 15.8 Å². The van der Waals surface area contributed by atoms with Crippen molar-refractivity contribution in [3.8, 4) is 23.0 Å². The number of rotatable bonds is 6. The first-order valence-electron chi connectivity index (χ1n) is 13.8. The van der Waals surface area contributed by atoms with Crippen LogP contribution in [0.4, 0.5) is 0 Å². The predicted octanol–water partition coefficient (Wildman–Crippen LogP) is 6.09. The molecule has 1 aliphatic heterocycles. The van der Waals surface area contributed by atoms with E-state index in [0.717, 1.165) is 10.8 Å². The number of ether oxygens (including phenoxy) is 4. The normalized spacial score (nSPS) is 14.8. The summed E-state index contributed by atoms with van der Waals surface area (Å²) < 4.78 is 52.3. The Labute approximate surface area is 253 Å². The van der Waals surface area contributed by atoms with Gasteiger partial charge in [0, 0.05) is 16.3 Å². The molecule has 220 valence electrons. The van der Waals surface area contributed by atoms with Crippen LogP contribution in [0.15, 0.2) is 107 Å². The van der Waals surface area contributed by atoms with E-state index in [1.54, 1.807) is 30.3 Å². The Morgan fingerprint density at radius 3 is 1.91 bits per heavy atom. The molecule has 9 nitrogen and oxygen atoms in total. The van der Waals surface area contributed by atoms with E-state index in [1.165, 1.54) is 33.5 Å². The Hall–Kier alpha value is -5.35. The van der Waals surface area contributed by atoms with Crippen LogP contribution in [0.25, 0.3) is 32.8 Å². The first-order valence-corrected chi connectivity index (χ1v) is 15.2. The number of allylic oxidation sites excluding steroid dienone is 1. The number of methoxy groups -OCH3 is 3. The van der Waals surface area contributed by atoms with E-state index in [4.69, 9.17) is 34.6 Å². The standard InChI is InChI=1S/C34H27N3O6S/c1-40-25-17-19(18-26(41-2)32(25)42-3)27-28-30-29(36-23-15-9-10-16-24(23)37-30)21-13-7-8-14-22(21)31(28)43-34(35)33(27)44(38,39)20-11-5-4-6-12-20/h4-18,27H,35H2,1-3H3. The average molecular weight is 606 g/mol. The fourth-order valence-corrected chi connectivity index (χ4v) is 7.57. The monoisotopic (exact) mass is 605 g/mol. The molecular formula is C34H27N3O6S. The van der Waals surface area contributed by atoms with Crippen LogP contribution in [0, 0.1) is 0 Å². The van der Waals surface area contributed by atoms with Crippen molar-refractivity contribution in [3.63, 3.8) is 0 Å². The molecule has 0 saturated carbocycles. The van der Waals surface area contributed by atoms with Crippen LogP contribution in [-0.2, 0) is 9.84 Å². The SMILES string of the molecule is COc1cc(C2C(S(=O)(=O)c3ccccc3)=C(N)Oc3c2c2nc4ccccc4nc2c2ccccc32)cc(OC)c1OC. The largest absolute Gasteiger partial charge is 0.493 e. The molecule has 1 aliphatic rings. The Morgan fingerprint density at radius 2 is 1.30 bits per heavy atom. The minimum absolute atomic E-state index is 0.0732. The van der Waals surface area contributed by atoms with Crippen LogP contribution < -0.4 is 24.7 Å². The maximum atomic E-state index is 14.5. The topological polar surface area (TPSA) is 123 Å². The second-order valence-corrected chi connectivity index (χ2v) is 12.2. The van der Waals surface area contributed by atoms with E-state index in [1.807, 2.05) is 48.5 Å². The number of para-hydroxylation sites is 2. The van der Waals surface area contributed by atoms with Crippen molar-refractivity contribution >= 4 is 42.7 Å². The summed E-state index contributed by atoms with van der Waals surface area (Å²) in [6.45, 7) is 0. The van der Waals surface area contributed by atoms with Crippen molar-refractivity contribution in [2.24, 2.45) is 5.73 Å². The Bertz CT molecular complexity index is 2230. The van der Waals surface area contributed by atoms with Gasteiger partial charge in [0.25, 0.3) is 0 Å². The minimum Gasteiger partial charge on any atom is -0.493 e. The summed E-state index contributed by atoms with van der Waals surface area (Å²) in [6, 6.07) is 26.8. The van der Waals surface area contributed by atoms with Gasteiger partial charge in [-0.25, -0.2) is 18.4 Å². The minimum atomic E-state index is -4.20. The lowest BCUT2D eigenvalue weighted by Gasteiger charge is -2.31. The van der Waals surface area contributed by atoms with Crippen LogP contribution in [0.1, 0.15) is 17.0 Å². The summed E-state index contributed by atoms with van der Waals surface area (Å²) in [5, 5.41) is 1.52. The van der Waals surface area contributed by atoms with E-state index in [2.05, 4.69) is 0 Å². The smallest absolute Gasteiger partial charge is 0.208 e. The fourth-order valence-electron chi connectivity index (χ4n) is 5.93. The Kier molecular flexibility index (Phi) is 6.51. The number of sulfone groups is 1. The van der Waals surface area contributed by atoms with E-state index in [-0.39, 0.29) is 15.7 Å². The molecule has 10 heteroatoms. The number of benzene rings is 5. The summed E-state index contributed by atoms with van der Waals surface area (Å²) >= 11 is 0. The third kappa shape index (κ3) is 4.10. The molecule has 6 aromatic rings. The van der Waals surface area contributed by atoms with Gasteiger partial charge < -0.3 is 24.7 Å². The van der Waals surface area contributed by atoms with Crippen LogP contribution >= 0.6 is 0 Å². The van der Waals surface area contributed by atoms with E-state index >= 15 is 0 Å². The van der Waals surface area contributed by atoms with Gasteiger partial charge in [-0.05, 0) is 42.0 Å². The molecule has 0 saturated heterocycles. The molecule has 1 unspecified atom stereocenters. The van der Waals surface area contributed by atoms with Gasteiger partial charge in [0.05, 0.1) is 54.2 Å². The van der Waals surface area contributed by atoms with Gasteiger partial charge in [0.15, 0.2) is 11.5 Å². The Balaban J connectivity index is 1.66. The van der Waals surface area contributed by atoms with Crippen molar-refractivity contribution in [3.05, 3.63) is 113 Å². The second-order valence-electron chi connectivity index (χ2n) is 10.2. The number of nitrogens with zero attached hydrogens (tertiary/aromatic N) is 2. The number of nitrogens with two attached hydrogens (primary N) is 1. The van der Waals surface area contributed by atoms with Crippen molar-refractivity contribution in [1.29, 1.82) is 0 Å². The molecule has 7 rings (SSSR count). The molecule has 0 spiro atoms. The second kappa shape index (κ2) is 10.4. The van der Waals surface area contributed by atoms with E-state index in [0.29, 0.717) is 56.2 Å². The third-order valence-corrected chi connectivity index (χ3v) is 9.77. The van der Waals surface area contributed by atoms with Gasteiger partial charge >= 0.3 is 0 Å². The quantitative estimate of drug-likeness (QED) is 0.178. The van der Waals surface area contributed by atoms with Crippen molar-refractivity contribution in [2.75, 3.05) is 21.3 Å². The van der Waals surface area contributed by atoms with Gasteiger partial charge in [0.1, 0.15) is 10.7 Å². The van der Waals surface area contributed by atoms with Crippen LogP contribution in [-0.4, -0.2) is 39.7 Å². The molecule has 0 amide bonds. The molecule has 2 N–H and O–H groups in total. The molecule has 1 aromatic heterocycles. The number of aromatic nitrogens is 2. The number of hydrogen-bond donors (Lipinski definition) is 1.